The molecule has 1 N–H and O–H groups in total. The zero-order chi connectivity index (χ0) is 15.6. The first kappa shape index (κ1) is 16.8. The second-order valence-corrected chi connectivity index (χ2v) is 6.57. The van der Waals surface area contributed by atoms with Gasteiger partial charge in [-0.1, -0.05) is 36.2 Å². The van der Waals surface area contributed by atoms with Crippen LogP contribution in [0.3, 0.4) is 0 Å². The van der Waals surface area contributed by atoms with E-state index in [9.17, 15) is 0 Å². The van der Waals surface area contributed by atoms with Gasteiger partial charge in [-0.15, -0.1) is 0 Å². The third-order valence-corrected chi connectivity index (χ3v) is 5.23. The lowest BCUT2D eigenvalue weighted by Crippen LogP contribution is -2.24. The summed E-state index contributed by atoms with van der Waals surface area (Å²) < 4.78 is 2.98. The van der Waals surface area contributed by atoms with Crippen LogP contribution in [0.2, 0.25) is 10.0 Å². The van der Waals surface area contributed by atoms with E-state index in [1.807, 2.05) is 36.9 Å². The highest BCUT2D eigenvalue weighted by Crippen LogP contribution is 2.29. The van der Waals surface area contributed by atoms with E-state index in [4.69, 9.17) is 23.2 Å². The van der Waals surface area contributed by atoms with E-state index in [0.29, 0.717) is 10.0 Å². The molecule has 0 radical (unpaired) electrons. The summed E-state index contributed by atoms with van der Waals surface area (Å²) in [5.41, 5.74) is 3.28. The molecular weight excluding hydrogens is 373 g/mol. The molecule has 21 heavy (non-hydrogen) atoms. The first-order valence-corrected chi connectivity index (χ1v) is 8.35. The third-order valence-electron chi connectivity index (χ3n) is 3.46. The lowest BCUT2D eigenvalue weighted by Gasteiger charge is -2.19. The molecule has 114 valence electrons. The minimum absolute atomic E-state index is 0.163. The summed E-state index contributed by atoms with van der Waals surface area (Å²) in [6.45, 7) is 4.96. The summed E-state index contributed by atoms with van der Waals surface area (Å²) in [7, 11) is 1.96. The largest absolute Gasteiger partial charge is 0.310 e. The number of nitrogens with zero attached hydrogens (tertiary/aromatic N) is 2. The normalized spacial score (nSPS) is 12.7. The van der Waals surface area contributed by atoms with Crippen molar-refractivity contribution in [3.05, 3.63) is 49.7 Å². The van der Waals surface area contributed by atoms with Crippen LogP contribution < -0.4 is 5.32 Å². The average molecular weight is 391 g/mol. The van der Waals surface area contributed by atoms with Crippen molar-refractivity contribution in [1.29, 1.82) is 0 Å². The Kier molecular flexibility index (Phi) is 5.72. The Morgan fingerprint density at radius 3 is 2.57 bits per heavy atom. The molecule has 1 aromatic heterocycles. The summed E-state index contributed by atoms with van der Waals surface area (Å²) in [6.07, 6.45) is 0.823. The molecule has 0 aliphatic rings. The fourth-order valence-corrected chi connectivity index (χ4v) is 3.18. The molecule has 2 aromatic rings. The molecule has 2 rings (SSSR count). The van der Waals surface area contributed by atoms with Crippen LogP contribution in [0.25, 0.3) is 0 Å². The Balaban J connectivity index is 2.32. The van der Waals surface area contributed by atoms with Gasteiger partial charge in [0.05, 0.1) is 25.9 Å². The highest BCUT2D eigenvalue weighted by molar-refractivity contribution is 9.10. The van der Waals surface area contributed by atoms with Gasteiger partial charge in [-0.2, -0.15) is 5.10 Å². The fraction of sp³-hybridized carbons (Fsp3) is 0.400. The van der Waals surface area contributed by atoms with Gasteiger partial charge in [-0.05, 0) is 47.1 Å². The molecule has 0 amide bonds. The maximum absolute atomic E-state index is 6.14. The van der Waals surface area contributed by atoms with Crippen molar-refractivity contribution in [3.8, 4) is 0 Å². The molecular formula is C15H18BrCl2N3. The molecule has 3 nitrogen and oxygen atoms in total. The quantitative estimate of drug-likeness (QED) is 0.802. The van der Waals surface area contributed by atoms with Gasteiger partial charge in [0.25, 0.3) is 0 Å². The van der Waals surface area contributed by atoms with E-state index in [-0.39, 0.29) is 6.04 Å². The van der Waals surface area contributed by atoms with Gasteiger partial charge >= 0.3 is 0 Å². The number of aryl methyl sites for hydroxylation is 2. The van der Waals surface area contributed by atoms with Crippen LogP contribution in [-0.4, -0.2) is 16.3 Å². The average Bonchev–Trinajstić information content (AvgIpc) is 2.68. The predicted molar refractivity (Wildman–Crippen MR) is 92.2 cm³/mol. The molecule has 0 fully saturated rings. The topological polar surface area (TPSA) is 29.9 Å². The molecule has 0 aliphatic heterocycles. The number of likely N-dealkylation sites (N-methyl/N-ethyl adjacent to an activating group) is 1. The number of benzene rings is 1. The van der Waals surface area contributed by atoms with Crippen molar-refractivity contribution in [2.75, 3.05) is 6.54 Å². The summed E-state index contributed by atoms with van der Waals surface area (Å²) in [6, 6.07) is 5.94. The fourth-order valence-electron chi connectivity index (χ4n) is 2.38. The zero-order valence-corrected chi connectivity index (χ0v) is 15.3. The number of nitrogens with one attached hydrogen (secondary N) is 1. The molecule has 1 unspecified atom stereocenters. The van der Waals surface area contributed by atoms with Crippen molar-refractivity contribution < 1.29 is 0 Å². The molecule has 0 bridgehead atoms. The van der Waals surface area contributed by atoms with Gasteiger partial charge in [0.15, 0.2) is 0 Å². The van der Waals surface area contributed by atoms with Crippen LogP contribution in [0.15, 0.2) is 22.7 Å². The maximum Gasteiger partial charge on any atom is 0.0738 e. The second-order valence-electron chi connectivity index (χ2n) is 4.96. The van der Waals surface area contributed by atoms with E-state index >= 15 is 0 Å². The lowest BCUT2D eigenvalue weighted by atomic mass is 10.0. The minimum Gasteiger partial charge on any atom is -0.310 e. The van der Waals surface area contributed by atoms with Crippen LogP contribution >= 0.6 is 39.1 Å². The Morgan fingerprint density at radius 2 is 2.05 bits per heavy atom. The second kappa shape index (κ2) is 7.14. The Hall–Kier alpha value is -0.550. The van der Waals surface area contributed by atoms with Crippen LogP contribution in [0.5, 0.6) is 0 Å². The van der Waals surface area contributed by atoms with Gasteiger partial charge in [0.2, 0.25) is 0 Å². The van der Waals surface area contributed by atoms with Crippen molar-refractivity contribution >= 4 is 39.1 Å². The van der Waals surface area contributed by atoms with E-state index in [1.54, 1.807) is 0 Å². The monoisotopic (exact) mass is 389 g/mol. The van der Waals surface area contributed by atoms with Gasteiger partial charge < -0.3 is 5.32 Å². The third kappa shape index (κ3) is 3.81. The lowest BCUT2D eigenvalue weighted by molar-refractivity contribution is 0.528. The molecule has 0 aliphatic carbocycles. The van der Waals surface area contributed by atoms with E-state index in [2.05, 4.69) is 33.3 Å². The standard InChI is InChI=1S/C15H18BrCl2N3/c1-4-19-13(10-5-6-11(17)12(18)7-10)8-14-15(16)9(2)20-21(14)3/h5-7,13,19H,4,8H2,1-3H3. The zero-order valence-electron chi connectivity index (χ0n) is 12.3. The summed E-state index contributed by atoms with van der Waals surface area (Å²) in [4.78, 5) is 0. The molecule has 1 aromatic carbocycles. The van der Waals surface area contributed by atoms with Gasteiger partial charge in [-0.3, -0.25) is 4.68 Å². The number of hydrogen-bond acceptors (Lipinski definition) is 2. The molecule has 0 saturated heterocycles. The van der Waals surface area contributed by atoms with Crippen molar-refractivity contribution in [2.45, 2.75) is 26.3 Å². The van der Waals surface area contributed by atoms with Gasteiger partial charge in [0.1, 0.15) is 0 Å². The number of halogens is 3. The Labute approximate surface area is 143 Å². The highest BCUT2D eigenvalue weighted by atomic mass is 79.9. The predicted octanol–water partition coefficient (Wildman–Crippen LogP) is 4.69. The number of hydrogen-bond donors (Lipinski definition) is 1. The van der Waals surface area contributed by atoms with Gasteiger partial charge in [-0.25, -0.2) is 0 Å². The SMILES string of the molecule is CCNC(Cc1c(Br)c(C)nn1C)c1ccc(Cl)c(Cl)c1. The summed E-state index contributed by atoms with van der Waals surface area (Å²) in [5.74, 6) is 0. The first-order valence-electron chi connectivity index (χ1n) is 6.80. The van der Waals surface area contributed by atoms with Crippen LogP contribution in [-0.2, 0) is 13.5 Å². The first-order chi connectivity index (χ1) is 9.93. The molecule has 6 heteroatoms. The van der Waals surface area contributed by atoms with Crippen molar-refractivity contribution in [3.63, 3.8) is 0 Å². The summed E-state index contributed by atoms with van der Waals surface area (Å²) >= 11 is 15.8. The molecule has 1 atom stereocenters. The Morgan fingerprint density at radius 1 is 1.33 bits per heavy atom. The Bertz CT molecular complexity index is 640. The van der Waals surface area contributed by atoms with Crippen molar-refractivity contribution in [2.24, 2.45) is 7.05 Å². The smallest absolute Gasteiger partial charge is 0.0738 e. The number of rotatable bonds is 5. The van der Waals surface area contributed by atoms with Crippen LogP contribution in [0, 0.1) is 6.92 Å². The van der Waals surface area contributed by atoms with Crippen molar-refractivity contribution in [1.82, 2.24) is 15.1 Å². The van der Waals surface area contributed by atoms with E-state index in [1.165, 1.54) is 0 Å². The number of aromatic nitrogens is 2. The van der Waals surface area contributed by atoms with Crippen LogP contribution in [0.4, 0.5) is 0 Å². The highest BCUT2D eigenvalue weighted by Gasteiger charge is 2.18. The van der Waals surface area contributed by atoms with E-state index in [0.717, 1.165) is 34.4 Å². The maximum atomic E-state index is 6.14. The van der Waals surface area contributed by atoms with E-state index < -0.39 is 0 Å². The molecule has 1 heterocycles. The molecule has 0 saturated carbocycles. The molecule has 0 spiro atoms. The van der Waals surface area contributed by atoms with Gasteiger partial charge in [0, 0.05) is 19.5 Å². The minimum atomic E-state index is 0.163. The van der Waals surface area contributed by atoms with Crippen LogP contribution in [0.1, 0.15) is 29.9 Å². The summed E-state index contributed by atoms with van der Waals surface area (Å²) in [5, 5.41) is 9.10.